The summed E-state index contributed by atoms with van der Waals surface area (Å²) in [4.78, 5) is 9.61. The van der Waals surface area contributed by atoms with Gasteiger partial charge in [0.05, 0.1) is 16.7 Å². The monoisotopic (exact) mass is 814 g/mol. The fraction of sp³-hybridized carbons (Fsp3) is 0.214. The van der Waals surface area contributed by atoms with Crippen molar-refractivity contribution in [2.45, 2.75) is 67.2 Å². The number of nitrogens with zero attached hydrogens (tertiary/aromatic N) is 4. The summed E-state index contributed by atoms with van der Waals surface area (Å²) in [7, 11) is 4.19. The Labute approximate surface area is 364 Å². The van der Waals surface area contributed by atoms with E-state index in [1.165, 1.54) is 44.5 Å². The highest BCUT2D eigenvalue weighted by Crippen LogP contribution is 2.41. The summed E-state index contributed by atoms with van der Waals surface area (Å²) in [6.07, 6.45) is 4.23. The number of aryl methyl sites for hydroxylation is 6. The molecule has 0 aliphatic carbocycles. The van der Waals surface area contributed by atoms with Gasteiger partial charge in [-0.05, 0) is 97.7 Å². The molecule has 6 heteroatoms. The normalized spacial score (nSPS) is 11.7. The average Bonchev–Trinajstić information content (AvgIpc) is 3.82. The Balaban J connectivity index is 0.000000158. The minimum Gasteiger partial charge on any atom is -0.437 e. The van der Waals surface area contributed by atoms with Crippen molar-refractivity contribution in [2.75, 3.05) is 0 Å². The molecule has 0 aliphatic rings. The van der Waals surface area contributed by atoms with Gasteiger partial charge in [0.2, 0.25) is 22.8 Å². The Morgan fingerprint density at radius 3 is 1.52 bits per heavy atom. The maximum Gasteiger partial charge on any atom is 0.227 e. The van der Waals surface area contributed by atoms with Crippen molar-refractivity contribution in [3.8, 4) is 44.8 Å². The van der Waals surface area contributed by atoms with Crippen molar-refractivity contribution in [1.29, 1.82) is 0 Å². The molecule has 0 spiro atoms. The van der Waals surface area contributed by atoms with Crippen LogP contribution in [0.4, 0.5) is 0 Å². The summed E-state index contributed by atoms with van der Waals surface area (Å²) in [5, 5.41) is 4.35. The first-order valence-corrected chi connectivity index (χ1v) is 21.6. The molecule has 6 aromatic heterocycles. The molecule has 0 unspecified atom stereocenters. The number of pyridine rings is 4. The van der Waals surface area contributed by atoms with Gasteiger partial charge in [0.1, 0.15) is 14.1 Å². The Morgan fingerprint density at radius 1 is 0.468 bits per heavy atom. The van der Waals surface area contributed by atoms with Gasteiger partial charge >= 0.3 is 0 Å². The second kappa shape index (κ2) is 16.2. The Hall–Kier alpha value is -6.92. The predicted octanol–water partition coefficient (Wildman–Crippen LogP) is 13.8. The quantitative estimate of drug-likeness (QED) is 0.157. The molecule has 0 N–H and O–H groups in total. The second-order valence-electron chi connectivity index (χ2n) is 17.5. The first kappa shape index (κ1) is 40.5. The van der Waals surface area contributed by atoms with Gasteiger partial charge in [-0.3, -0.25) is 0 Å². The van der Waals surface area contributed by atoms with E-state index in [2.05, 4.69) is 212 Å². The highest BCUT2D eigenvalue weighted by atomic mass is 16.3. The molecule has 10 rings (SSSR count). The van der Waals surface area contributed by atoms with Gasteiger partial charge in [0.25, 0.3) is 0 Å². The molecule has 0 saturated carbocycles. The summed E-state index contributed by atoms with van der Waals surface area (Å²) >= 11 is 0. The Bertz CT molecular complexity index is 3300. The van der Waals surface area contributed by atoms with Crippen LogP contribution >= 0.6 is 0 Å². The van der Waals surface area contributed by atoms with Crippen molar-refractivity contribution in [2.24, 2.45) is 14.1 Å². The summed E-state index contributed by atoms with van der Waals surface area (Å²) in [5.74, 6) is 0.724. The molecular weight excluding hydrogens is 761 g/mol. The van der Waals surface area contributed by atoms with E-state index in [1.807, 2.05) is 0 Å². The summed E-state index contributed by atoms with van der Waals surface area (Å²) < 4.78 is 17.2. The van der Waals surface area contributed by atoms with Crippen molar-refractivity contribution in [1.82, 2.24) is 9.97 Å². The topological polar surface area (TPSA) is 59.8 Å². The number of aromatic nitrogens is 4. The molecule has 10 aromatic rings. The van der Waals surface area contributed by atoms with Gasteiger partial charge in [-0.1, -0.05) is 112 Å². The minimum absolute atomic E-state index is 0.360. The number of hydrogen-bond acceptors (Lipinski definition) is 4. The maximum atomic E-state index is 6.45. The van der Waals surface area contributed by atoms with E-state index in [1.54, 1.807) is 0 Å². The third-order valence-corrected chi connectivity index (χ3v) is 12.2. The highest BCUT2D eigenvalue weighted by Gasteiger charge is 2.26. The fourth-order valence-electron chi connectivity index (χ4n) is 8.56. The van der Waals surface area contributed by atoms with E-state index in [0.717, 1.165) is 66.6 Å². The lowest BCUT2D eigenvalue weighted by molar-refractivity contribution is -0.660. The van der Waals surface area contributed by atoms with Gasteiger partial charge in [0, 0.05) is 51.1 Å². The lowest BCUT2D eigenvalue weighted by Gasteiger charge is -2.11. The zero-order valence-electron chi connectivity index (χ0n) is 37.5. The average molecular weight is 815 g/mol. The van der Waals surface area contributed by atoms with E-state index in [-0.39, 0.29) is 0 Å². The highest BCUT2D eigenvalue weighted by molar-refractivity contribution is 6.10. The van der Waals surface area contributed by atoms with E-state index >= 15 is 0 Å². The lowest BCUT2D eigenvalue weighted by Crippen LogP contribution is -2.31. The van der Waals surface area contributed by atoms with Gasteiger partial charge in [-0.15, -0.1) is 0 Å². The molecule has 6 nitrogen and oxygen atoms in total. The third-order valence-electron chi connectivity index (χ3n) is 12.2. The summed E-state index contributed by atoms with van der Waals surface area (Å²) in [5.41, 5.74) is 19.6. The second-order valence-corrected chi connectivity index (χ2v) is 17.5. The molecule has 6 heterocycles. The maximum absolute atomic E-state index is 6.45. The Morgan fingerprint density at radius 2 is 0.968 bits per heavy atom. The van der Waals surface area contributed by atoms with Gasteiger partial charge < -0.3 is 8.83 Å². The first-order valence-electron chi connectivity index (χ1n) is 21.6. The molecule has 0 fully saturated rings. The lowest BCUT2D eigenvalue weighted by atomic mass is 9.94. The largest absolute Gasteiger partial charge is 0.437 e. The van der Waals surface area contributed by atoms with Crippen LogP contribution in [-0.4, -0.2) is 9.97 Å². The van der Waals surface area contributed by atoms with Crippen LogP contribution in [0.5, 0.6) is 0 Å². The molecule has 0 atom stereocenters. The van der Waals surface area contributed by atoms with E-state index in [0.29, 0.717) is 23.3 Å². The third kappa shape index (κ3) is 7.34. The molecule has 4 aromatic carbocycles. The molecule has 0 amide bonds. The van der Waals surface area contributed by atoms with Crippen molar-refractivity contribution >= 4 is 44.1 Å². The van der Waals surface area contributed by atoms with Gasteiger partial charge in [-0.2, -0.15) is 0 Å². The molecule has 0 bridgehead atoms. The smallest absolute Gasteiger partial charge is 0.227 e. The number of hydrogen-bond donors (Lipinski definition) is 0. The molecule has 0 aliphatic heterocycles. The van der Waals surface area contributed by atoms with E-state index in [4.69, 9.17) is 18.8 Å². The number of benzene rings is 4. The zero-order valence-corrected chi connectivity index (χ0v) is 37.5. The summed E-state index contributed by atoms with van der Waals surface area (Å²) in [6.45, 7) is 17.2. The zero-order chi connectivity index (χ0) is 43.4. The van der Waals surface area contributed by atoms with Crippen molar-refractivity contribution < 1.29 is 18.0 Å². The van der Waals surface area contributed by atoms with Crippen molar-refractivity contribution in [3.63, 3.8) is 0 Å². The van der Waals surface area contributed by atoms with Crippen LogP contribution in [0.3, 0.4) is 0 Å². The number of fused-ring (bicyclic) bond motifs is 6. The first-order chi connectivity index (χ1) is 29.9. The fourth-order valence-corrected chi connectivity index (χ4v) is 8.56. The minimum atomic E-state index is 0.360. The van der Waals surface area contributed by atoms with Gasteiger partial charge in [-0.25, -0.2) is 19.1 Å². The van der Waals surface area contributed by atoms with Crippen LogP contribution < -0.4 is 9.13 Å². The van der Waals surface area contributed by atoms with Crippen LogP contribution in [0.1, 0.15) is 73.2 Å². The SMILES string of the molecule is Cc1ccc(-c2cc[n+](C)c(-c3c(C)ccc4c3oc3nc(C(C)C)ccc34)c2)cc1.Cc1ccc(-c2ccc[n+](C)c2-c2c(C)ccc3c2oc2nc(C(C)C)ccc23)cc1. The Kier molecular flexibility index (Phi) is 10.6. The van der Waals surface area contributed by atoms with Gasteiger partial charge in [0.15, 0.2) is 23.6 Å². The summed E-state index contributed by atoms with van der Waals surface area (Å²) in [6, 6.07) is 43.3. The molecule has 0 saturated heterocycles. The molecule has 0 radical (unpaired) electrons. The van der Waals surface area contributed by atoms with Crippen molar-refractivity contribution in [3.05, 3.63) is 167 Å². The van der Waals surface area contributed by atoms with Crippen LogP contribution in [0.2, 0.25) is 0 Å². The van der Waals surface area contributed by atoms with Crippen LogP contribution in [-0.2, 0) is 14.1 Å². The number of rotatable bonds is 6. The van der Waals surface area contributed by atoms with Crippen LogP contribution in [0.25, 0.3) is 88.9 Å². The molecule has 62 heavy (non-hydrogen) atoms. The predicted molar refractivity (Wildman–Crippen MR) is 254 cm³/mol. The molecule has 308 valence electrons. The molecular formula is C56H54N4O2+2. The standard InChI is InChI=1S/2C28H27N2O/c1-17(2)24-13-12-23-22-11-8-19(4)26(27(22)31-28(23)29-24)25-16-21(14-15-30(25)5)20-9-6-18(3)7-10-20;1-17(2)24-15-14-23-22-13-10-19(4)25(27(22)31-28(23)29-24)26-21(7-6-16-30(26)5)20-11-8-18(3)9-12-20/h2*6-17H,1-5H3/q2*+1. The van der Waals surface area contributed by atoms with E-state index in [9.17, 15) is 0 Å². The van der Waals surface area contributed by atoms with Crippen LogP contribution in [0.15, 0.2) is 143 Å². The van der Waals surface area contributed by atoms with Crippen LogP contribution in [0, 0.1) is 27.7 Å². The number of furan rings is 2. The van der Waals surface area contributed by atoms with E-state index < -0.39 is 0 Å².